The van der Waals surface area contributed by atoms with Crippen LogP contribution in [0.1, 0.15) is 52.4 Å². The molecule has 0 aromatic carbocycles. The van der Waals surface area contributed by atoms with E-state index in [0.717, 1.165) is 45.1 Å². The average Bonchev–Trinajstić information content (AvgIpc) is 2.87. The van der Waals surface area contributed by atoms with Gasteiger partial charge in [-0.3, -0.25) is 14.3 Å². The normalized spacial score (nSPS) is 11.3. The third-order valence-electron chi connectivity index (χ3n) is 3.74. The van der Waals surface area contributed by atoms with Gasteiger partial charge in [-0.1, -0.05) is 39.5 Å². The Morgan fingerprint density at radius 3 is 2.52 bits per heavy atom. The Bertz CT molecular complexity index is 696. The lowest BCUT2D eigenvalue weighted by molar-refractivity contribution is 0.551. The lowest BCUT2D eigenvalue weighted by Crippen LogP contribution is -2.35. The summed E-state index contributed by atoms with van der Waals surface area (Å²) in [4.78, 5) is 31.4. The molecule has 1 N–H and O–H groups in total. The van der Waals surface area contributed by atoms with Crippen molar-refractivity contribution in [2.75, 3.05) is 0 Å². The van der Waals surface area contributed by atoms with Crippen molar-refractivity contribution < 1.29 is 0 Å². The fourth-order valence-corrected chi connectivity index (χ4v) is 2.48. The number of imidazole rings is 1. The molecule has 0 saturated carbocycles. The molecule has 0 spiro atoms. The zero-order valence-electron chi connectivity index (χ0n) is 12.9. The van der Waals surface area contributed by atoms with Gasteiger partial charge >= 0.3 is 5.69 Å². The first-order valence-corrected chi connectivity index (χ1v) is 7.87. The molecule has 0 radical (unpaired) electrons. The third-order valence-corrected chi connectivity index (χ3v) is 3.74. The molecule has 2 aromatic rings. The number of hydrogen-bond donors (Lipinski definition) is 1. The zero-order valence-corrected chi connectivity index (χ0v) is 12.9. The average molecular weight is 292 g/mol. The summed E-state index contributed by atoms with van der Waals surface area (Å²) in [5.74, 6) is 0. The monoisotopic (exact) mass is 292 g/mol. The van der Waals surface area contributed by atoms with E-state index in [0.29, 0.717) is 17.7 Å². The van der Waals surface area contributed by atoms with Gasteiger partial charge in [0, 0.05) is 13.1 Å². The Balaban J connectivity index is 2.32. The Morgan fingerprint density at radius 1 is 1.05 bits per heavy atom. The largest absolute Gasteiger partial charge is 0.330 e. The second kappa shape index (κ2) is 7.24. The maximum atomic E-state index is 12.5. The molecule has 0 aliphatic rings. The molecular weight excluding hydrogens is 268 g/mol. The molecule has 0 fully saturated rings. The van der Waals surface area contributed by atoms with Crippen LogP contribution in [-0.2, 0) is 13.1 Å². The van der Waals surface area contributed by atoms with E-state index in [4.69, 9.17) is 0 Å². The predicted molar refractivity (Wildman–Crippen MR) is 83.7 cm³/mol. The molecule has 0 aliphatic carbocycles. The van der Waals surface area contributed by atoms with E-state index in [2.05, 4.69) is 23.8 Å². The van der Waals surface area contributed by atoms with Crippen molar-refractivity contribution in [1.82, 2.24) is 19.1 Å². The minimum atomic E-state index is -0.357. The highest BCUT2D eigenvalue weighted by Crippen LogP contribution is 2.06. The smallest absolute Gasteiger partial charge is 0.325 e. The molecule has 0 amide bonds. The Labute approximate surface area is 123 Å². The van der Waals surface area contributed by atoms with Crippen molar-refractivity contribution in [1.29, 1.82) is 0 Å². The van der Waals surface area contributed by atoms with E-state index in [1.807, 2.05) is 4.57 Å². The van der Waals surface area contributed by atoms with Gasteiger partial charge < -0.3 is 4.57 Å². The molecule has 2 rings (SSSR count). The second-order valence-corrected chi connectivity index (χ2v) is 5.44. The highest BCUT2D eigenvalue weighted by molar-refractivity contribution is 5.69. The number of aromatic nitrogens is 4. The van der Waals surface area contributed by atoms with Gasteiger partial charge in [0.15, 0.2) is 11.2 Å². The van der Waals surface area contributed by atoms with E-state index in [1.54, 1.807) is 6.33 Å². The van der Waals surface area contributed by atoms with Crippen LogP contribution in [0.2, 0.25) is 0 Å². The highest BCUT2D eigenvalue weighted by atomic mass is 16.2. The molecule has 0 unspecified atom stereocenters. The maximum absolute atomic E-state index is 12.5. The topological polar surface area (TPSA) is 72.7 Å². The van der Waals surface area contributed by atoms with Crippen LogP contribution in [-0.4, -0.2) is 19.1 Å². The van der Waals surface area contributed by atoms with Crippen LogP contribution in [0.25, 0.3) is 11.2 Å². The summed E-state index contributed by atoms with van der Waals surface area (Å²) < 4.78 is 3.15. The van der Waals surface area contributed by atoms with Gasteiger partial charge in [-0.2, -0.15) is 0 Å². The Kier molecular flexibility index (Phi) is 5.36. The molecular formula is C15H24N4O2. The summed E-state index contributed by atoms with van der Waals surface area (Å²) in [5, 5.41) is 0. The lowest BCUT2D eigenvalue weighted by Gasteiger charge is -2.06. The quantitative estimate of drug-likeness (QED) is 0.759. The zero-order chi connectivity index (χ0) is 15.2. The van der Waals surface area contributed by atoms with Crippen molar-refractivity contribution in [2.45, 2.75) is 65.5 Å². The Hall–Kier alpha value is -1.85. The predicted octanol–water partition coefficient (Wildman–Crippen LogP) is 2.27. The van der Waals surface area contributed by atoms with Crippen molar-refractivity contribution in [3.8, 4) is 0 Å². The fourth-order valence-electron chi connectivity index (χ4n) is 2.48. The van der Waals surface area contributed by atoms with Crippen LogP contribution in [0.3, 0.4) is 0 Å². The van der Waals surface area contributed by atoms with Gasteiger partial charge in [0.25, 0.3) is 5.56 Å². The van der Waals surface area contributed by atoms with Crippen molar-refractivity contribution in [2.24, 2.45) is 0 Å². The van der Waals surface area contributed by atoms with E-state index < -0.39 is 0 Å². The third kappa shape index (κ3) is 3.43. The molecule has 0 atom stereocenters. The molecule has 6 nitrogen and oxygen atoms in total. The molecule has 2 aromatic heterocycles. The summed E-state index contributed by atoms with van der Waals surface area (Å²) in [7, 11) is 0. The number of unbranched alkanes of at least 4 members (excludes halogenated alkanes) is 4. The molecule has 0 aliphatic heterocycles. The number of aryl methyl sites for hydroxylation is 1. The van der Waals surface area contributed by atoms with Gasteiger partial charge in [-0.25, -0.2) is 9.78 Å². The van der Waals surface area contributed by atoms with E-state index >= 15 is 0 Å². The van der Waals surface area contributed by atoms with Gasteiger partial charge in [0.2, 0.25) is 0 Å². The van der Waals surface area contributed by atoms with Gasteiger partial charge in [0.05, 0.1) is 6.33 Å². The Morgan fingerprint density at radius 2 is 1.81 bits per heavy atom. The van der Waals surface area contributed by atoms with Gasteiger partial charge in [-0.05, 0) is 12.8 Å². The molecule has 6 heteroatoms. The number of aromatic amines is 1. The number of hydrogen-bond acceptors (Lipinski definition) is 3. The van der Waals surface area contributed by atoms with Crippen LogP contribution >= 0.6 is 0 Å². The van der Waals surface area contributed by atoms with Crippen LogP contribution in [0.5, 0.6) is 0 Å². The minimum absolute atomic E-state index is 0.223. The van der Waals surface area contributed by atoms with Crippen LogP contribution in [0.15, 0.2) is 15.9 Å². The van der Waals surface area contributed by atoms with Gasteiger partial charge in [0.1, 0.15) is 0 Å². The van der Waals surface area contributed by atoms with Crippen molar-refractivity contribution >= 4 is 11.2 Å². The summed E-state index contributed by atoms with van der Waals surface area (Å²) >= 11 is 0. The molecule has 2 heterocycles. The standard InChI is InChI=1S/C15H24N4O2/c1-3-5-7-8-10-19-14(20)12-13(17-15(19)21)16-11-18(12)9-6-4-2/h11H,3-10H2,1-2H3,(H,17,21). The van der Waals surface area contributed by atoms with E-state index in [9.17, 15) is 9.59 Å². The number of rotatable bonds is 8. The van der Waals surface area contributed by atoms with Crippen molar-refractivity contribution in [3.05, 3.63) is 27.2 Å². The number of nitrogens with one attached hydrogen (secondary N) is 1. The second-order valence-electron chi connectivity index (χ2n) is 5.44. The molecule has 0 saturated heterocycles. The lowest BCUT2D eigenvalue weighted by atomic mass is 10.2. The molecule has 21 heavy (non-hydrogen) atoms. The first kappa shape index (κ1) is 15.5. The summed E-state index contributed by atoms with van der Waals surface area (Å²) in [6.45, 7) is 5.47. The minimum Gasteiger partial charge on any atom is -0.325 e. The summed E-state index contributed by atoms with van der Waals surface area (Å²) in [6, 6.07) is 0. The first-order valence-electron chi connectivity index (χ1n) is 7.87. The van der Waals surface area contributed by atoms with E-state index in [-0.39, 0.29) is 11.2 Å². The van der Waals surface area contributed by atoms with Crippen LogP contribution in [0.4, 0.5) is 0 Å². The first-order chi connectivity index (χ1) is 10.2. The van der Waals surface area contributed by atoms with Crippen LogP contribution < -0.4 is 11.2 Å². The summed E-state index contributed by atoms with van der Waals surface area (Å²) in [6.07, 6.45) is 7.83. The highest BCUT2D eigenvalue weighted by Gasteiger charge is 2.12. The number of H-pyrrole nitrogens is 1. The van der Waals surface area contributed by atoms with Gasteiger partial charge in [-0.15, -0.1) is 0 Å². The number of fused-ring (bicyclic) bond motifs is 1. The SMILES string of the molecule is CCCCCCn1c(=O)[nH]c2ncn(CCCC)c2c1=O. The van der Waals surface area contributed by atoms with E-state index in [1.165, 1.54) is 4.57 Å². The fraction of sp³-hybridized carbons (Fsp3) is 0.667. The van der Waals surface area contributed by atoms with Crippen molar-refractivity contribution in [3.63, 3.8) is 0 Å². The summed E-state index contributed by atoms with van der Waals surface area (Å²) in [5.41, 5.74) is 0.327. The maximum Gasteiger partial charge on any atom is 0.330 e. The molecule has 116 valence electrons. The number of nitrogens with zero attached hydrogens (tertiary/aromatic N) is 3. The van der Waals surface area contributed by atoms with Crippen LogP contribution in [0, 0.1) is 0 Å². The molecule has 0 bridgehead atoms.